The molecular weight excluding hydrogens is 182 g/mol. The molecular formula is C9H13N3O2. The predicted molar refractivity (Wildman–Crippen MR) is 50.3 cm³/mol. The van der Waals surface area contributed by atoms with Gasteiger partial charge in [-0.15, -0.1) is 0 Å². The largest absolute Gasteiger partial charge is 0.372 e. The molecule has 1 heterocycles. The Morgan fingerprint density at radius 3 is 3.07 bits per heavy atom. The minimum Gasteiger partial charge on any atom is -0.372 e. The Morgan fingerprint density at radius 2 is 2.50 bits per heavy atom. The average Bonchev–Trinajstić information content (AvgIpc) is 2.26. The summed E-state index contributed by atoms with van der Waals surface area (Å²) in [6, 6.07) is 1.75. The van der Waals surface area contributed by atoms with E-state index in [2.05, 4.69) is 15.3 Å². The first-order valence-electron chi connectivity index (χ1n) is 4.29. The Balaban J connectivity index is 2.38. The first-order valence-corrected chi connectivity index (χ1v) is 4.29. The van der Waals surface area contributed by atoms with Gasteiger partial charge in [-0.05, 0) is 13.0 Å². The monoisotopic (exact) mass is 195 g/mol. The van der Waals surface area contributed by atoms with Gasteiger partial charge in [0.1, 0.15) is 12.4 Å². The molecule has 0 bridgehead atoms. The molecule has 14 heavy (non-hydrogen) atoms. The normalized spacial score (nSPS) is 12.1. The van der Waals surface area contributed by atoms with Crippen molar-refractivity contribution in [3.05, 3.63) is 24.3 Å². The third kappa shape index (κ3) is 3.10. The van der Waals surface area contributed by atoms with Crippen molar-refractivity contribution in [2.24, 2.45) is 0 Å². The maximum absolute atomic E-state index is 11.3. The highest BCUT2D eigenvalue weighted by Gasteiger charge is 2.10. The fourth-order valence-electron chi connectivity index (χ4n) is 0.851. The molecule has 0 aliphatic carbocycles. The number of rotatable bonds is 4. The van der Waals surface area contributed by atoms with Gasteiger partial charge in [-0.3, -0.25) is 4.79 Å². The number of aromatic nitrogens is 2. The zero-order chi connectivity index (χ0) is 10.4. The molecule has 0 aliphatic heterocycles. The maximum atomic E-state index is 11.3. The first-order chi connectivity index (χ1) is 6.74. The van der Waals surface area contributed by atoms with Crippen LogP contribution >= 0.6 is 0 Å². The van der Waals surface area contributed by atoms with Crippen LogP contribution in [0.4, 0.5) is 0 Å². The van der Waals surface area contributed by atoms with Gasteiger partial charge in [0.15, 0.2) is 0 Å². The Labute approximate surface area is 82.5 Å². The molecule has 1 atom stereocenters. The third-order valence-corrected chi connectivity index (χ3v) is 1.81. The van der Waals surface area contributed by atoms with E-state index >= 15 is 0 Å². The van der Waals surface area contributed by atoms with Gasteiger partial charge in [-0.1, -0.05) is 0 Å². The van der Waals surface area contributed by atoms with E-state index < -0.39 is 6.10 Å². The second-order valence-electron chi connectivity index (χ2n) is 2.80. The van der Waals surface area contributed by atoms with Crippen LogP contribution in [-0.4, -0.2) is 29.1 Å². The highest BCUT2D eigenvalue weighted by Crippen LogP contribution is 1.92. The summed E-state index contributed by atoms with van der Waals surface area (Å²) in [5, 5.41) is 2.70. The molecule has 0 aliphatic rings. The number of nitrogens with zero attached hydrogens (tertiary/aromatic N) is 2. The quantitative estimate of drug-likeness (QED) is 0.741. The molecule has 0 radical (unpaired) electrons. The smallest absolute Gasteiger partial charge is 0.249 e. The van der Waals surface area contributed by atoms with Crippen molar-refractivity contribution in [2.75, 3.05) is 7.11 Å². The van der Waals surface area contributed by atoms with Crippen molar-refractivity contribution in [3.63, 3.8) is 0 Å². The molecule has 1 N–H and O–H groups in total. The van der Waals surface area contributed by atoms with Crippen molar-refractivity contribution in [3.8, 4) is 0 Å². The summed E-state index contributed by atoms with van der Waals surface area (Å²) in [5.41, 5.74) is 0.775. The maximum Gasteiger partial charge on any atom is 0.249 e. The van der Waals surface area contributed by atoms with Crippen LogP contribution in [-0.2, 0) is 16.1 Å². The van der Waals surface area contributed by atoms with Crippen LogP contribution in [0.3, 0.4) is 0 Å². The minimum absolute atomic E-state index is 0.147. The summed E-state index contributed by atoms with van der Waals surface area (Å²) >= 11 is 0. The SMILES string of the molecule is COC(C)C(=O)NCc1ccncn1. The molecule has 0 aromatic carbocycles. The lowest BCUT2D eigenvalue weighted by Gasteiger charge is -2.09. The van der Waals surface area contributed by atoms with Crippen LogP contribution in [0.5, 0.6) is 0 Å². The van der Waals surface area contributed by atoms with Gasteiger partial charge in [0, 0.05) is 13.3 Å². The van der Waals surface area contributed by atoms with Gasteiger partial charge in [0.25, 0.3) is 0 Å². The Morgan fingerprint density at radius 1 is 1.71 bits per heavy atom. The summed E-state index contributed by atoms with van der Waals surface area (Å²) in [5.74, 6) is -0.147. The van der Waals surface area contributed by atoms with Gasteiger partial charge < -0.3 is 10.1 Å². The molecule has 5 heteroatoms. The van der Waals surface area contributed by atoms with E-state index in [4.69, 9.17) is 4.74 Å². The van der Waals surface area contributed by atoms with E-state index in [1.54, 1.807) is 19.2 Å². The number of carbonyl (C=O) groups is 1. The van der Waals surface area contributed by atoms with Crippen LogP contribution in [0.1, 0.15) is 12.6 Å². The second-order valence-corrected chi connectivity index (χ2v) is 2.80. The summed E-state index contributed by atoms with van der Waals surface area (Å²) in [6.45, 7) is 2.09. The molecule has 0 saturated carbocycles. The lowest BCUT2D eigenvalue weighted by Crippen LogP contribution is -2.33. The number of carbonyl (C=O) groups excluding carboxylic acids is 1. The number of hydrogen-bond donors (Lipinski definition) is 1. The van der Waals surface area contributed by atoms with Gasteiger partial charge in [0.05, 0.1) is 12.2 Å². The molecule has 1 amide bonds. The van der Waals surface area contributed by atoms with Crippen molar-refractivity contribution in [1.82, 2.24) is 15.3 Å². The third-order valence-electron chi connectivity index (χ3n) is 1.81. The molecule has 0 fully saturated rings. The van der Waals surface area contributed by atoms with E-state index in [1.165, 1.54) is 13.4 Å². The number of amides is 1. The number of methoxy groups -OCH3 is 1. The highest BCUT2D eigenvalue weighted by molar-refractivity contribution is 5.80. The number of ether oxygens (including phenoxy) is 1. The predicted octanol–water partition coefficient (Wildman–Crippen LogP) is 0.128. The standard InChI is InChI=1S/C9H13N3O2/c1-7(14-2)9(13)11-5-8-3-4-10-6-12-8/h3-4,6-7H,5H2,1-2H3,(H,11,13). The van der Waals surface area contributed by atoms with Crippen LogP contribution in [0.15, 0.2) is 18.6 Å². The summed E-state index contributed by atoms with van der Waals surface area (Å²) in [6.07, 6.45) is 2.65. The molecule has 0 spiro atoms. The van der Waals surface area contributed by atoms with E-state index in [0.717, 1.165) is 5.69 Å². The molecule has 5 nitrogen and oxygen atoms in total. The molecule has 0 saturated heterocycles. The average molecular weight is 195 g/mol. The molecule has 1 aromatic rings. The number of hydrogen-bond acceptors (Lipinski definition) is 4. The van der Waals surface area contributed by atoms with Gasteiger partial charge in [-0.25, -0.2) is 9.97 Å². The molecule has 1 unspecified atom stereocenters. The molecule has 1 aromatic heterocycles. The summed E-state index contributed by atoms with van der Waals surface area (Å²) in [7, 11) is 1.49. The molecule has 76 valence electrons. The Kier molecular flexibility index (Phi) is 4.00. The van der Waals surface area contributed by atoms with Crippen molar-refractivity contribution >= 4 is 5.91 Å². The topological polar surface area (TPSA) is 64.1 Å². The van der Waals surface area contributed by atoms with Crippen LogP contribution < -0.4 is 5.32 Å². The minimum atomic E-state index is -0.433. The van der Waals surface area contributed by atoms with Crippen LogP contribution in [0.25, 0.3) is 0 Å². The van der Waals surface area contributed by atoms with Crippen LogP contribution in [0.2, 0.25) is 0 Å². The summed E-state index contributed by atoms with van der Waals surface area (Å²) in [4.78, 5) is 19.0. The zero-order valence-electron chi connectivity index (χ0n) is 8.23. The fraction of sp³-hybridized carbons (Fsp3) is 0.444. The fourth-order valence-corrected chi connectivity index (χ4v) is 0.851. The van der Waals surface area contributed by atoms with Gasteiger partial charge >= 0.3 is 0 Å². The van der Waals surface area contributed by atoms with E-state index in [9.17, 15) is 4.79 Å². The van der Waals surface area contributed by atoms with E-state index in [1.807, 2.05) is 0 Å². The first kappa shape index (κ1) is 10.6. The summed E-state index contributed by atoms with van der Waals surface area (Å²) < 4.78 is 4.86. The van der Waals surface area contributed by atoms with Crippen molar-refractivity contribution in [2.45, 2.75) is 19.6 Å². The van der Waals surface area contributed by atoms with Crippen molar-refractivity contribution in [1.29, 1.82) is 0 Å². The van der Waals surface area contributed by atoms with Gasteiger partial charge in [-0.2, -0.15) is 0 Å². The van der Waals surface area contributed by atoms with Crippen molar-refractivity contribution < 1.29 is 9.53 Å². The van der Waals surface area contributed by atoms with Gasteiger partial charge in [0.2, 0.25) is 5.91 Å². The van der Waals surface area contributed by atoms with E-state index in [0.29, 0.717) is 6.54 Å². The Bertz CT molecular complexity index is 289. The molecule has 1 rings (SSSR count). The van der Waals surface area contributed by atoms with E-state index in [-0.39, 0.29) is 5.91 Å². The Hall–Kier alpha value is -1.49. The number of nitrogens with one attached hydrogen (secondary N) is 1. The second kappa shape index (κ2) is 5.29. The highest BCUT2D eigenvalue weighted by atomic mass is 16.5. The lowest BCUT2D eigenvalue weighted by atomic mass is 10.3. The zero-order valence-corrected chi connectivity index (χ0v) is 8.23. The van der Waals surface area contributed by atoms with Crippen LogP contribution in [0, 0.1) is 0 Å². The lowest BCUT2D eigenvalue weighted by molar-refractivity contribution is -0.130.